The van der Waals surface area contributed by atoms with E-state index in [1.165, 1.54) is 4.90 Å². The Kier molecular flexibility index (Phi) is 7.72. The van der Waals surface area contributed by atoms with Gasteiger partial charge in [0.15, 0.2) is 0 Å². The van der Waals surface area contributed by atoms with Crippen LogP contribution in [0.25, 0.3) is 0 Å². The summed E-state index contributed by atoms with van der Waals surface area (Å²) in [6, 6.07) is 17.5. The van der Waals surface area contributed by atoms with E-state index in [4.69, 9.17) is 4.74 Å². The fraction of sp³-hybridized carbons (Fsp3) is 0.464. The van der Waals surface area contributed by atoms with Crippen molar-refractivity contribution in [3.05, 3.63) is 71.3 Å². The summed E-state index contributed by atoms with van der Waals surface area (Å²) in [5.41, 5.74) is 3.00. The largest absolute Gasteiger partial charge is 0.447 e. The molecule has 2 amide bonds. The summed E-state index contributed by atoms with van der Waals surface area (Å²) in [6.07, 6.45) is 0.485. The third-order valence-electron chi connectivity index (χ3n) is 6.14. The number of carbonyl (C=O) groups excluding carboxylic acids is 3. The van der Waals surface area contributed by atoms with E-state index >= 15 is 0 Å². The lowest BCUT2D eigenvalue weighted by atomic mass is 9.80. The predicted octanol–water partition coefficient (Wildman–Crippen LogP) is 5.70. The number of aryl methyl sites for hydroxylation is 1. The lowest BCUT2D eigenvalue weighted by molar-refractivity contribution is -0.140. The van der Waals surface area contributed by atoms with Gasteiger partial charge < -0.3 is 4.74 Å². The number of rotatable bonds is 8. The van der Waals surface area contributed by atoms with Crippen molar-refractivity contribution < 1.29 is 19.1 Å². The van der Waals surface area contributed by atoms with Crippen LogP contribution >= 0.6 is 0 Å². The Morgan fingerprint density at radius 1 is 1.06 bits per heavy atom. The van der Waals surface area contributed by atoms with Gasteiger partial charge in [-0.3, -0.25) is 9.59 Å². The quantitative estimate of drug-likeness (QED) is 0.485. The molecule has 3 atom stereocenters. The van der Waals surface area contributed by atoms with Gasteiger partial charge in [0.2, 0.25) is 5.91 Å². The van der Waals surface area contributed by atoms with E-state index in [0.29, 0.717) is 12.8 Å². The van der Waals surface area contributed by atoms with Gasteiger partial charge in [0.25, 0.3) is 0 Å². The zero-order valence-corrected chi connectivity index (χ0v) is 20.3. The Morgan fingerprint density at radius 3 is 2.30 bits per heavy atom. The normalized spacial score (nSPS) is 18.0. The van der Waals surface area contributed by atoms with Crippen LogP contribution in [0.3, 0.4) is 0 Å². The first-order chi connectivity index (χ1) is 15.5. The molecule has 33 heavy (non-hydrogen) atoms. The zero-order chi connectivity index (χ0) is 24.2. The molecule has 0 N–H and O–H groups in total. The van der Waals surface area contributed by atoms with E-state index < -0.39 is 24.0 Å². The van der Waals surface area contributed by atoms with Crippen LogP contribution in [0, 0.1) is 18.3 Å². The highest BCUT2D eigenvalue weighted by atomic mass is 16.6. The van der Waals surface area contributed by atoms with Crippen LogP contribution in [0.2, 0.25) is 0 Å². The number of Topliss-reactive ketones (excluding diaryl/α,β-unsaturated/α-hetero) is 1. The molecule has 176 valence electrons. The highest BCUT2D eigenvalue weighted by molar-refractivity contribution is 6.06. The van der Waals surface area contributed by atoms with Gasteiger partial charge in [0.05, 0.1) is 12.0 Å². The minimum Gasteiger partial charge on any atom is -0.447 e. The van der Waals surface area contributed by atoms with Gasteiger partial charge in [0.1, 0.15) is 12.4 Å². The summed E-state index contributed by atoms with van der Waals surface area (Å²) < 4.78 is 5.26. The van der Waals surface area contributed by atoms with E-state index in [2.05, 4.69) is 0 Å². The Bertz CT molecular complexity index is 975. The second kappa shape index (κ2) is 10.3. The van der Waals surface area contributed by atoms with Gasteiger partial charge >= 0.3 is 6.09 Å². The van der Waals surface area contributed by atoms with Crippen molar-refractivity contribution in [1.29, 1.82) is 0 Å². The molecule has 2 aromatic carbocycles. The average Bonchev–Trinajstić information content (AvgIpc) is 3.11. The standard InChI is InChI=1S/C28H35NO4/c1-19-11-13-22(14-12-19)20(2)15-24(25(30)17-28(3,4)5)26(31)29-23(18-33-27(29)32)16-21-9-7-6-8-10-21/h6-14,20,23-24H,15-18H2,1-5H3/t20?,23-,24+/m0/s1. The Hall–Kier alpha value is -2.95. The van der Waals surface area contributed by atoms with E-state index in [-0.39, 0.29) is 30.1 Å². The van der Waals surface area contributed by atoms with E-state index in [1.54, 1.807) is 0 Å². The van der Waals surface area contributed by atoms with Crippen molar-refractivity contribution >= 4 is 17.8 Å². The molecule has 5 nitrogen and oxygen atoms in total. The van der Waals surface area contributed by atoms with Crippen LogP contribution in [-0.4, -0.2) is 35.3 Å². The molecule has 1 saturated heterocycles. The topological polar surface area (TPSA) is 63.7 Å². The fourth-order valence-electron chi connectivity index (χ4n) is 4.34. The van der Waals surface area contributed by atoms with Crippen LogP contribution in [-0.2, 0) is 20.7 Å². The molecular formula is C28H35NO4. The second-order valence-corrected chi connectivity index (χ2v) is 10.4. The van der Waals surface area contributed by atoms with Crippen molar-refractivity contribution in [2.75, 3.05) is 6.61 Å². The molecule has 5 heteroatoms. The molecule has 1 fully saturated rings. The van der Waals surface area contributed by atoms with E-state index in [9.17, 15) is 14.4 Å². The Balaban J connectivity index is 1.85. The fourth-order valence-corrected chi connectivity index (χ4v) is 4.34. The maximum atomic E-state index is 13.7. The van der Waals surface area contributed by atoms with Crippen LogP contribution in [0.1, 0.15) is 63.1 Å². The molecule has 0 radical (unpaired) electrons. The summed E-state index contributed by atoms with van der Waals surface area (Å²) in [7, 11) is 0. The maximum Gasteiger partial charge on any atom is 0.417 e. The second-order valence-electron chi connectivity index (χ2n) is 10.4. The van der Waals surface area contributed by atoms with Crippen molar-refractivity contribution in [2.45, 2.75) is 65.8 Å². The van der Waals surface area contributed by atoms with Gasteiger partial charge in [-0.05, 0) is 42.2 Å². The minimum atomic E-state index is -0.885. The number of cyclic esters (lactones) is 1. The van der Waals surface area contributed by atoms with Crippen LogP contribution in [0.4, 0.5) is 4.79 Å². The molecule has 1 unspecified atom stereocenters. The average molecular weight is 450 g/mol. The minimum absolute atomic E-state index is 0.00494. The highest BCUT2D eigenvalue weighted by Crippen LogP contribution is 2.31. The number of carbonyl (C=O) groups is 3. The van der Waals surface area contributed by atoms with Gasteiger partial charge in [-0.25, -0.2) is 9.69 Å². The summed E-state index contributed by atoms with van der Waals surface area (Å²) in [5.74, 6) is -1.45. The summed E-state index contributed by atoms with van der Waals surface area (Å²) >= 11 is 0. The summed E-state index contributed by atoms with van der Waals surface area (Å²) in [5, 5.41) is 0. The Morgan fingerprint density at radius 2 is 1.70 bits per heavy atom. The third-order valence-corrected chi connectivity index (χ3v) is 6.14. The smallest absolute Gasteiger partial charge is 0.417 e. The SMILES string of the molecule is Cc1ccc(C(C)C[C@H](C(=O)CC(C)(C)C)C(=O)N2C(=O)OC[C@@H]2Cc2ccccc2)cc1. The molecule has 0 aliphatic carbocycles. The van der Waals surface area contributed by atoms with E-state index in [0.717, 1.165) is 16.7 Å². The molecule has 1 aliphatic rings. The molecule has 2 aromatic rings. The van der Waals surface area contributed by atoms with Crippen molar-refractivity contribution in [3.8, 4) is 0 Å². The van der Waals surface area contributed by atoms with Crippen LogP contribution in [0.15, 0.2) is 54.6 Å². The molecule has 0 aromatic heterocycles. The van der Waals surface area contributed by atoms with Gasteiger partial charge in [-0.1, -0.05) is 87.9 Å². The first kappa shape index (κ1) is 24.7. The number of hydrogen-bond acceptors (Lipinski definition) is 4. The van der Waals surface area contributed by atoms with E-state index in [1.807, 2.05) is 89.2 Å². The molecule has 0 bridgehead atoms. The molecule has 1 heterocycles. The number of ether oxygens (including phenoxy) is 1. The third kappa shape index (κ3) is 6.53. The van der Waals surface area contributed by atoms with Crippen LogP contribution in [0.5, 0.6) is 0 Å². The molecule has 3 rings (SSSR count). The first-order valence-electron chi connectivity index (χ1n) is 11.7. The number of amides is 2. The number of benzene rings is 2. The lowest BCUT2D eigenvalue weighted by Crippen LogP contribution is -2.46. The van der Waals surface area contributed by atoms with Gasteiger partial charge in [0, 0.05) is 6.42 Å². The van der Waals surface area contributed by atoms with Crippen molar-refractivity contribution in [3.63, 3.8) is 0 Å². The molecule has 1 aliphatic heterocycles. The molecule has 0 saturated carbocycles. The lowest BCUT2D eigenvalue weighted by Gasteiger charge is -2.28. The van der Waals surface area contributed by atoms with Crippen LogP contribution < -0.4 is 0 Å². The number of nitrogens with zero attached hydrogens (tertiary/aromatic N) is 1. The van der Waals surface area contributed by atoms with Gasteiger partial charge in [-0.2, -0.15) is 0 Å². The maximum absolute atomic E-state index is 13.7. The zero-order valence-electron chi connectivity index (χ0n) is 20.3. The highest BCUT2D eigenvalue weighted by Gasteiger charge is 2.43. The van der Waals surface area contributed by atoms with Gasteiger partial charge in [-0.15, -0.1) is 0 Å². The number of imide groups is 1. The monoisotopic (exact) mass is 449 g/mol. The first-order valence-corrected chi connectivity index (χ1v) is 11.7. The predicted molar refractivity (Wildman–Crippen MR) is 129 cm³/mol. The summed E-state index contributed by atoms with van der Waals surface area (Å²) in [4.78, 5) is 40.8. The number of hydrogen-bond donors (Lipinski definition) is 0. The van der Waals surface area contributed by atoms with Crippen molar-refractivity contribution in [2.24, 2.45) is 11.3 Å². The van der Waals surface area contributed by atoms with Crippen molar-refractivity contribution in [1.82, 2.24) is 4.90 Å². The molecule has 0 spiro atoms. The summed E-state index contributed by atoms with van der Waals surface area (Å²) in [6.45, 7) is 10.2. The molecular weight excluding hydrogens is 414 g/mol. The number of ketones is 1. The Labute approximate surface area is 197 Å².